The lowest BCUT2D eigenvalue weighted by Crippen LogP contribution is -1.92. The largest absolute Gasteiger partial charge is 0.419 e. The number of rotatable bonds is 3. The van der Waals surface area contributed by atoms with Crippen molar-refractivity contribution in [2.24, 2.45) is 0 Å². The van der Waals surface area contributed by atoms with E-state index in [1.165, 1.54) is 0 Å². The van der Waals surface area contributed by atoms with Gasteiger partial charge in [0.05, 0.1) is 11.6 Å². The molecule has 4 nitrogen and oxygen atoms in total. The Balaban J connectivity index is 1.91. The van der Waals surface area contributed by atoms with E-state index >= 15 is 0 Å². The first-order valence-corrected chi connectivity index (χ1v) is 6.74. The summed E-state index contributed by atoms with van der Waals surface area (Å²) < 4.78 is 5.62. The summed E-state index contributed by atoms with van der Waals surface area (Å²) in [5, 5.41) is 16.4. The maximum Gasteiger partial charge on any atom is 0.247 e. The van der Waals surface area contributed by atoms with Crippen LogP contribution in [-0.2, 0) is 0 Å². The summed E-state index contributed by atoms with van der Waals surface area (Å²) in [4.78, 5) is 0. The summed E-state index contributed by atoms with van der Waals surface area (Å²) >= 11 is 6.34. The second kappa shape index (κ2) is 5.78. The van der Waals surface area contributed by atoms with Gasteiger partial charge in [0.15, 0.2) is 0 Å². The molecule has 0 saturated carbocycles. The first kappa shape index (κ1) is 13.3. The number of aromatic nitrogens is 2. The van der Waals surface area contributed by atoms with Crippen LogP contribution in [0.25, 0.3) is 11.5 Å². The highest BCUT2D eigenvalue weighted by atomic mass is 35.5. The van der Waals surface area contributed by atoms with Crippen molar-refractivity contribution >= 4 is 11.6 Å². The highest BCUT2D eigenvalue weighted by molar-refractivity contribution is 6.22. The minimum Gasteiger partial charge on any atom is -0.419 e. The summed E-state index contributed by atoms with van der Waals surface area (Å²) in [6, 6.07) is 18.6. The van der Waals surface area contributed by atoms with Crippen LogP contribution in [0.4, 0.5) is 0 Å². The number of benzene rings is 2. The van der Waals surface area contributed by atoms with Crippen LogP contribution in [0, 0.1) is 11.3 Å². The van der Waals surface area contributed by atoms with Crippen molar-refractivity contribution in [3.8, 4) is 17.5 Å². The van der Waals surface area contributed by atoms with E-state index in [1.54, 1.807) is 18.2 Å². The highest BCUT2D eigenvalue weighted by Crippen LogP contribution is 2.29. The Labute approximate surface area is 126 Å². The fourth-order valence-electron chi connectivity index (χ4n) is 1.94. The third-order valence-electron chi connectivity index (χ3n) is 2.99. The second-order valence-electron chi connectivity index (χ2n) is 4.41. The molecule has 0 saturated heterocycles. The predicted octanol–water partition coefficient (Wildman–Crippen LogP) is 3.94. The normalized spacial score (nSPS) is 11.8. The van der Waals surface area contributed by atoms with Gasteiger partial charge in [0.25, 0.3) is 0 Å². The van der Waals surface area contributed by atoms with Gasteiger partial charge in [-0.1, -0.05) is 36.4 Å². The minimum atomic E-state index is -0.494. The molecule has 1 heterocycles. The average molecular weight is 296 g/mol. The van der Waals surface area contributed by atoms with E-state index < -0.39 is 5.38 Å². The number of nitriles is 1. The van der Waals surface area contributed by atoms with Gasteiger partial charge in [-0.2, -0.15) is 5.26 Å². The molecule has 5 heteroatoms. The molecule has 0 radical (unpaired) electrons. The maximum atomic E-state index is 8.91. The van der Waals surface area contributed by atoms with Crippen LogP contribution >= 0.6 is 11.6 Å². The molecular formula is C16H10ClN3O. The molecule has 0 aliphatic heterocycles. The van der Waals surface area contributed by atoms with Crippen molar-refractivity contribution in [1.29, 1.82) is 5.26 Å². The van der Waals surface area contributed by atoms with Crippen LogP contribution in [0.1, 0.15) is 22.4 Å². The third kappa shape index (κ3) is 2.78. The zero-order valence-electron chi connectivity index (χ0n) is 10.9. The molecule has 0 aliphatic carbocycles. The van der Waals surface area contributed by atoms with Crippen LogP contribution in [0.15, 0.2) is 59.0 Å². The van der Waals surface area contributed by atoms with E-state index in [9.17, 15) is 0 Å². The van der Waals surface area contributed by atoms with Crippen LogP contribution < -0.4 is 0 Å². The Kier molecular flexibility index (Phi) is 3.67. The minimum absolute atomic E-state index is 0.334. The molecule has 0 N–H and O–H groups in total. The van der Waals surface area contributed by atoms with Crippen molar-refractivity contribution in [3.05, 3.63) is 71.6 Å². The molecule has 0 fully saturated rings. The van der Waals surface area contributed by atoms with Gasteiger partial charge < -0.3 is 4.42 Å². The zero-order valence-corrected chi connectivity index (χ0v) is 11.7. The van der Waals surface area contributed by atoms with Gasteiger partial charge in [-0.15, -0.1) is 21.8 Å². The quantitative estimate of drug-likeness (QED) is 0.687. The maximum absolute atomic E-state index is 8.91. The summed E-state index contributed by atoms with van der Waals surface area (Å²) in [5.41, 5.74) is 2.13. The van der Waals surface area contributed by atoms with Gasteiger partial charge in [0, 0.05) is 5.56 Å². The lowest BCUT2D eigenvalue weighted by Gasteiger charge is -2.03. The Morgan fingerprint density at radius 1 is 1.05 bits per heavy atom. The van der Waals surface area contributed by atoms with Gasteiger partial charge in [-0.25, -0.2) is 0 Å². The van der Waals surface area contributed by atoms with E-state index in [1.807, 2.05) is 36.4 Å². The van der Waals surface area contributed by atoms with E-state index in [2.05, 4.69) is 16.3 Å². The number of nitrogens with zero attached hydrogens (tertiary/aromatic N) is 3. The van der Waals surface area contributed by atoms with Gasteiger partial charge in [0.2, 0.25) is 11.8 Å². The van der Waals surface area contributed by atoms with E-state index in [-0.39, 0.29) is 0 Å². The van der Waals surface area contributed by atoms with Crippen molar-refractivity contribution in [3.63, 3.8) is 0 Å². The van der Waals surface area contributed by atoms with Gasteiger partial charge in [-0.3, -0.25) is 0 Å². The SMILES string of the molecule is N#Cc1cccc(-c2nnc(C(Cl)c3ccccc3)o2)c1. The van der Waals surface area contributed by atoms with Crippen molar-refractivity contribution < 1.29 is 4.42 Å². The number of alkyl halides is 1. The van der Waals surface area contributed by atoms with Gasteiger partial charge >= 0.3 is 0 Å². The molecule has 1 aromatic heterocycles. The topological polar surface area (TPSA) is 62.7 Å². The Morgan fingerprint density at radius 3 is 2.62 bits per heavy atom. The molecule has 1 unspecified atom stereocenters. The van der Waals surface area contributed by atoms with E-state index in [0.29, 0.717) is 22.9 Å². The lowest BCUT2D eigenvalue weighted by atomic mass is 10.1. The summed E-state index contributed by atoms with van der Waals surface area (Å²) in [5.74, 6) is 0.684. The molecule has 1 atom stereocenters. The standard InChI is InChI=1S/C16H10ClN3O/c17-14(12-6-2-1-3-7-12)16-20-19-15(21-16)13-8-4-5-11(9-13)10-18/h1-9,14H. The lowest BCUT2D eigenvalue weighted by molar-refractivity contribution is 0.513. The fraction of sp³-hybridized carbons (Fsp3) is 0.0625. The van der Waals surface area contributed by atoms with Crippen LogP contribution in [0.5, 0.6) is 0 Å². The van der Waals surface area contributed by atoms with Gasteiger partial charge in [-0.05, 0) is 23.8 Å². The second-order valence-corrected chi connectivity index (χ2v) is 4.85. The molecule has 0 bridgehead atoms. The Morgan fingerprint density at radius 2 is 1.86 bits per heavy atom. The Bertz CT molecular complexity index is 793. The zero-order chi connectivity index (χ0) is 14.7. The smallest absolute Gasteiger partial charge is 0.247 e. The third-order valence-corrected chi connectivity index (χ3v) is 3.43. The van der Waals surface area contributed by atoms with Gasteiger partial charge in [0.1, 0.15) is 5.38 Å². The van der Waals surface area contributed by atoms with E-state index in [0.717, 1.165) is 5.56 Å². The number of halogens is 1. The van der Waals surface area contributed by atoms with Crippen molar-refractivity contribution in [1.82, 2.24) is 10.2 Å². The van der Waals surface area contributed by atoms with E-state index in [4.69, 9.17) is 21.3 Å². The van der Waals surface area contributed by atoms with Crippen LogP contribution in [0.3, 0.4) is 0 Å². The summed E-state index contributed by atoms with van der Waals surface area (Å²) in [7, 11) is 0. The highest BCUT2D eigenvalue weighted by Gasteiger charge is 2.18. The monoisotopic (exact) mass is 295 g/mol. The molecular weight excluding hydrogens is 286 g/mol. The molecule has 0 amide bonds. The number of hydrogen-bond donors (Lipinski definition) is 0. The molecule has 21 heavy (non-hydrogen) atoms. The number of hydrogen-bond acceptors (Lipinski definition) is 4. The first-order chi connectivity index (χ1) is 10.3. The molecule has 102 valence electrons. The average Bonchev–Trinajstić information content (AvgIpc) is 3.05. The molecule has 3 rings (SSSR count). The fourth-order valence-corrected chi connectivity index (χ4v) is 2.17. The summed E-state index contributed by atoms with van der Waals surface area (Å²) in [6.45, 7) is 0. The van der Waals surface area contributed by atoms with Crippen molar-refractivity contribution in [2.75, 3.05) is 0 Å². The molecule has 3 aromatic rings. The van der Waals surface area contributed by atoms with Crippen LogP contribution in [-0.4, -0.2) is 10.2 Å². The van der Waals surface area contributed by atoms with Crippen molar-refractivity contribution in [2.45, 2.75) is 5.38 Å². The molecule has 0 aliphatic rings. The predicted molar refractivity (Wildman–Crippen MR) is 78.6 cm³/mol. The first-order valence-electron chi connectivity index (χ1n) is 6.31. The Hall–Kier alpha value is -2.64. The van der Waals surface area contributed by atoms with Crippen LogP contribution in [0.2, 0.25) is 0 Å². The molecule has 0 spiro atoms. The molecule has 2 aromatic carbocycles. The summed E-state index contributed by atoms with van der Waals surface area (Å²) in [6.07, 6.45) is 0.